The molecule has 0 heterocycles. The number of benzene rings is 1. The van der Waals surface area contributed by atoms with Crippen LogP contribution in [0.4, 0.5) is 5.69 Å². The molecule has 0 aromatic heterocycles. The second-order valence-corrected chi connectivity index (χ2v) is 5.82. The molecule has 1 aromatic rings. The van der Waals surface area contributed by atoms with Crippen molar-refractivity contribution < 1.29 is 4.74 Å². The quantitative estimate of drug-likeness (QED) is 0.418. The first-order valence-electron chi connectivity index (χ1n) is 7.87. The van der Waals surface area contributed by atoms with Gasteiger partial charge in [-0.1, -0.05) is 26.0 Å². The van der Waals surface area contributed by atoms with Crippen molar-refractivity contribution in [3.8, 4) is 0 Å². The molecular weight excluding hydrogens is 276 g/mol. The molecule has 0 aliphatic rings. The van der Waals surface area contributed by atoms with Gasteiger partial charge in [0, 0.05) is 25.9 Å². The lowest BCUT2D eigenvalue weighted by Crippen LogP contribution is -2.25. The van der Waals surface area contributed by atoms with Crippen LogP contribution in [0.2, 0.25) is 0 Å². The normalized spacial score (nSPS) is 12.2. The zero-order chi connectivity index (χ0) is 16.4. The number of hydrogen-bond donors (Lipinski definition) is 2. The Hall–Kier alpha value is -1.59. The molecule has 5 nitrogen and oxygen atoms in total. The second kappa shape index (κ2) is 10.2. The summed E-state index contributed by atoms with van der Waals surface area (Å²) in [4.78, 5) is 6.60. The molecule has 0 aliphatic heterocycles. The van der Waals surface area contributed by atoms with Crippen LogP contribution in [0.3, 0.4) is 0 Å². The monoisotopic (exact) mass is 306 g/mol. The van der Waals surface area contributed by atoms with E-state index in [1.807, 2.05) is 12.1 Å². The van der Waals surface area contributed by atoms with Crippen LogP contribution in [0.25, 0.3) is 0 Å². The Morgan fingerprint density at radius 3 is 2.82 bits per heavy atom. The summed E-state index contributed by atoms with van der Waals surface area (Å²) >= 11 is 0. The van der Waals surface area contributed by atoms with Crippen LogP contribution < -0.4 is 11.1 Å². The highest BCUT2D eigenvalue weighted by atomic mass is 16.5. The largest absolute Gasteiger partial charge is 0.383 e. The van der Waals surface area contributed by atoms with E-state index in [1.165, 1.54) is 5.56 Å². The lowest BCUT2D eigenvalue weighted by molar-refractivity contribution is 0.161. The average Bonchev–Trinajstić information content (AvgIpc) is 2.49. The maximum Gasteiger partial charge on any atom is 0.193 e. The number of nitrogens with two attached hydrogens (primary N) is 1. The summed E-state index contributed by atoms with van der Waals surface area (Å²) in [7, 11) is 3.81. The Morgan fingerprint density at radius 1 is 1.36 bits per heavy atom. The van der Waals surface area contributed by atoms with Crippen LogP contribution in [-0.2, 0) is 4.74 Å². The van der Waals surface area contributed by atoms with Gasteiger partial charge >= 0.3 is 0 Å². The van der Waals surface area contributed by atoms with Gasteiger partial charge in [0.1, 0.15) is 0 Å². The molecule has 0 saturated heterocycles. The summed E-state index contributed by atoms with van der Waals surface area (Å²) in [5.74, 6) is 0.975. The third-order valence-corrected chi connectivity index (χ3v) is 3.48. The first-order chi connectivity index (χ1) is 10.5. The Labute approximate surface area is 134 Å². The lowest BCUT2D eigenvalue weighted by Gasteiger charge is -2.15. The molecule has 0 unspecified atom stereocenters. The first kappa shape index (κ1) is 18.5. The number of ether oxygens (including phenoxy) is 1. The van der Waals surface area contributed by atoms with Crippen LogP contribution in [0.1, 0.15) is 31.7 Å². The number of guanidine groups is 1. The van der Waals surface area contributed by atoms with Gasteiger partial charge in [-0.25, -0.2) is 0 Å². The number of rotatable bonds is 9. The van der Waals surface area contributed by atoms with Gasteiger partial charge in [0.2, 0.25) is 0 Å². The number of aliphatic imine (C=N–C) groups is 1. The van der Waals surface area contributed by atoms with E-state index >= 15 is 0 Å². The van der Waals surface area contributed by atoms with Gasteiger partial charge in [-0.05, 0) is 43.6 Å². The van der Waals surface area contributed by atoms with E-state index in [1.54, 1.807) is 7.11 Å². The minimum atomic E-state index is 0.473. The molecular formula is C17H30N4O. The minimum absolute atomic E-state index is 0.473. The minimum Gasteiger partial charge on any atom is -0.383 e. The van der Waals surface area contributed by atoms with E-state index in [0.717, 1.165) is 38.3 Å². The number of methoxy groups -OCH3 is 1. The molecule has 0 aliphatic carbocycles. The van der Waals surface area contributed by atoms with Crippen molar-refractivity contribution in [3.63, 3.8) is 0 Å². The van der Waals surface area contributed by atoms with Crippen LogP contribution in [0, 0.1) is 0 Å². The van der Waals surface area contributed by atoms with Gasteiger partial charge < -0.3 is 20.7 Å². The molecule has 0 spiro atoms. The fourth-order valence-electron chi connectivity index (χ4n) is 2.06. The molecule has 0 amide bonds. The summed E-state index contributed by atoms with van der Waals surface area (Å²) in [6.45, 7) is 7.77. The maximum atomic E-state index is 5.93. The summed E-state index contributed by atoms with van der Waals surface area (Å²) in [5, 5.41) is 3.15. The highest BCUT2D eigenvalue weighted by Gasteiger charge is 2.01. The van der Waals surface area contributed by atoms with Crippen molar-refractivity contribution in [2.45, 2.75) is 26.2 Å². The average molecular weight is 306 g/mol. The highest BCUT2D eigenvalue weighted by molar-refractivity contribution is 5.92. The fourth-order valence-corrected chi connectivity index (χ4v) is 2.06. The smallest absolute Gasteiger partial charge is 0.193 e. The number of nitrogens with zero attached hydrogens (tertiary/aromatic N) is 2. The van der Waals surface area contributed by atoms with Crippen LogP contribution >= 0.6 is 0 Å². The Kier molecular flexibility index (Phi) is 8.55. The number of likely N-dealkylation sites (N-methyl/N-ethyl adjacent to an activating group) is 1. The second-order valence-electron chi connectivity index (χ2n) is 5.82. The summed E-state index contributed by atoms with van der Waals surface area (Å²) < 4.78 is 5.05. The standard InChI is InChI=1S/C17H30N4O/c1-14(2)15-7-5-8-16(13-15)20-17(18)19-9-6-10-21(3)11-12-22-4/h5,7-8,13-14H,6,9-12H2,1-4H3,(H3,18,19,20). The predicted molar refractivity (Wildman–Crippen MR) is 94.6 cm³/mol. The van der Waals surface area contributed by atoms with Crippen LogP contribution in [0.5, 0.6) is 0 Å². The topological polar surface area (TPSA) is 62.9 Å². The van der Waals surface area contributed by atoms with E-state index in [-0.39, 0.29) is 0 Å². The van der Waals surface area contributed by atoms with Crippen LogP contribution in [-0.4, -0.2) is 51.3 Å². The highest BCUT2D eigenvalue weighted by Crippen LogP contribution is 2.18. The van der Waals surface area contributed by atoms with Gasteiger partial charge in [-0.15, -0.1) is 0 Å². The van der Waals surface area contributed by atoms with Crippen molar-refractivity contribution in [2.75, 3.05) is 45.7 Å². The molecule has 124 valence electrons. The molecule has 0 fully saturated rings. The predicted octanol–water partition coefficient (Wildman–Crippen LogP) is 2.50. The van der Waals surface area contributed by atoms with Crippen molar-refractivity contribution in [1.29, 1.82) is 0 Å². The summed E-state index contributed by atoms with van der Waals surface area (Å²) in [6, 6.07) is 8.28. The molecule has 1 aromatic carbocycles. The molecule has 3 N–H and O–H groups in total. The van der Waals surface area contributed by atoms with Crippen molar-refractivity contribution in [2.24, 2.45) is 10.7 Å². The molecule has 1 rings (SSSR count). The van der Waals surface area contributed by atoms with Gasteiger partial charge in [0.05, 0.1) is 6.61 Å². The summed E-state index contributed by atoms with van der Waals surface area (Å²) in [5.41, 5.74) is 8.21. The lowest BCUT2D eigenvalue weighted by atomic mass is 10.0. The molecule has 0 bridgehead atoms. The first-order valence-corrected chi connectivity index (χ1v) is 7.87. The Morgan fingerprint density at radius 2 is 2.14 bits per heavy atom. The van der Waals surface area contributed by atoms with Crippen LogP contribution in [0.15, 0.2) is 29.3 Å². The van der Waals surface area contributed by atoms with Crippen molar-refractivity contribution in [3.05, 3.63) is 29.8 Å². The molecule has 0 saturated carbocycles. The number of nitrogens with one attached hydrogen (secondary N) is 1. The van der Waals surface area contributed by atoms with Gasteiger partial charge in [0.15, 0.2) is 5.96 Å². The third-order valence-electron chi connectivity index (χ3n) is 3.48. The summed E-state index contributed by atoms with van der Waals surface area (Å²) in [6.07, 6.45) is 0.981. The van der Waals surface area contributed by atoms with Gasteiger partial charge in [-0.2, -0.15) is 0 Å². The SMILES string of the molecule is COCCN(C)CCCN=C(N)Nc1cccc(C(C)C)c1. The van der Waals surface area contributed by atoms with E-state index in [2.05, 4.69) is 48.2 Å². The van der Waals surface area contributed by atoms with Gasteiger partial charge in [-0.3, -0.25) is 4.99 Å². The fraction of sp³-hybridized carbons (Fsp3) is 0.588. The molecule has 0 atom stereocenters. The van der Waals surface area contributed by atoms with E-state index in [9.17, 15) is 0 Å². The van der Waals surface area contributed by atoms with Crippen molar-refractivity contribution >= 4 is 11.6 Å². The maximum absolute atomic E-state index is 5.93. The molecule has 22 heavy (non-hydrogen) atoms. The zero-order valence-corrected chi connectivity index (χ0v) is 14.3. The third kappa shape index (κ3) is 7.43. The number of hydrogen-bond acceptors (Lipinski definition) is 3. The number of anilines is 1. The van der Waals surface area contributed by atoms with E-state index in [0.29, 0.717) is 11.9 Å². The van der Waals surface area contributed by atoms with Crippen molar-refractivity contribution in [1.82, 2.24) is 4.90 Å². The van der Waals surface area contributed by atoms with E-state index < -0.39 is 0 Å². The Balaban J connectivity index is 2.35. The molecule has 5 heteroatoms. The molecule has 0 radical (unpaired) electrons. The van der Waals surface area contributed by atoms with E-state index in [4.69, 9.17) is 10.5 Å². The van der Waals surface area contributed by atoms with Gasteiger partial charge in [0.25, 0.3) is 0 Å². The zero-order valence-electron chi connectivity index (χ0n) is 14.3. The Bertz CT molecular complexity index is 460.